The Balaban J connectivity index is 0.00000200. The molecule has 0 spiro atoms. The third-order valence-corrected chi connectivity index (χ3v) is 3.81. The number of hydrogen-bond donors (Lipinski definition) is 1. The lowest BCUT2D eigenvalue weighted by Crippen LogP contribution is -2.37. The number of carbonyl (C=O) groups is 1. The van der Waals surface area contributed by atoms with Gasteiger partial charge in [0.05, 0.1) is 13.0 Å². The van der Waals surface area contributed by atoms with Crippen molar-refractivity contribution in [2.24, 2.45) is 5.92 Å². The van der Waals surface area contributed by atoms with Crippen LogP contribution in [0.1, 0.15) is 18.4 Å². The number of ether oxygens (including phenoxy) is 1. The van der Waals surface area contributed by atoms with Gasteiger partial charge in [-0.25, -0.2) is 0 Å². The molecule has 112 valence electrons. The van der Waals surface area contributed by atoms with Crippen molar-refractivity contribution in [2.45, 2.75) is 19.3 Å². The molecule has 0 radical (unpaired) electrons. The average Bonchev–Trinajstić information content (AvgIpc) is 2.46. The van der Waals surface area contributed by atoms with Gasteiger partial charge in [0.1, 0.15) is 5.75 Å². The van der Waals surface area contributed by atoms with Crippen LogP contribution in [0.3, 0.4) is 0 Å². The van der Waals surface area contributed by atoms with Crippen LogP contribution in [0.15, 0.2) is 24.3 Å². The molecule has 0 unspecified atom stereocenters. The number of halogens is 1. The van der Waals surface area contributed by atoms with E-state index in [1.54, 1.807) is 7.11 Å². The van der Waals surface area contributed by atoms with Crippen molar-refractivity contribution in [3.8, 4) is 5.75 Å². The maximum absolute atomic E-state index is 10.9. The van der Waals surface area contributed by atoms with E-state index in [0.717, 1.165) is 44.6 Å². The van der Waals surface area contributed by atoms with E-state index in [-0.39, 0.29) is 18.3 Å². The van der Waals surface area contributed by atoms with Gasteiger partial charge in [-0.2, -0.15) is 0 Å². The predicted octanol–water partition coefficient (Wildman–Crippen LogP) is 2.46. The van der Waals surface area contributed by atoms with Crippen LogP contribution in [0.25, 0.3) is 0 Å². The molecule has 0 aliphatic carbocycles. The number of carboxylic acids is 1. The number of piperidine rings is 1. The molecule has 1 heterocycles. The molecule has 0 amide bonds. The number of hydrogen-bond acceptors (Lipinski definition) is 3. The van der Waals surface area contributed by atoms with Gasteiger partial charge in [0.25, 0.3) is 0 Å². The molecule has 1 fully saturated rings. The third kappa shape index (κ3) is 4.69. The lowest BCUT2D eigenvalue weighted by atomic mass is 9.97. The summed E-state index contributed by atoms with van der Waals surface area (Å²) in [5.74, 6) is 0.0954. The number of likely N-dealkylation sites (tertiary alicyclic amines) is 1. The highest BCUT2D eigenvalue weighted by molar-refractivity contribution is 5.85. The van der Waals surface area contributed by atoms with E-state index in [1.807, 2.05) is 12.1 Å². The molecular weight excluding hydrogens is 278 g/mol. The van der Waals surface area contributed by atoms with Gasteiger partial charge in [0.15, 0.2) is 0 Å². The summed E-state index contributed by atoms with van der Waals surface area (Å²) in [6.45, 7) is 2.79. The molecule has 0 bridgehead atoms. The summed E-state index contributed by atoms with van der Waals surface area (Å²) >= 11 is 0. The minimum atomic E-state index is -0.644. The van der Waals surface area contributed by atoms with Crippen molar-refractivity contribution in [3.05, 3.63) is 29.8 Å². The Morgan fingerprint density at radius 1 is 1.30 bits per heavy atom. The lowest BCUT2D eigenvalue weighted by molar-refractivity contribution is -0.143. The summed E-state index contributed by atoms with van der Waals surface area (Å²) in [4.78, 5) is 13.2. The maximum atomic E-state index is 10.9. The Kier molecular flexibility index (Phi) is 6.82. The summed E-state index contributed by atoms with van der Waals surface area (Å²) in [5, 5.41) is 8.95. The van der Waals surface area contributed by atoms with Crippen molar-refractivity contribution in [1.82, 2.24) is 4.90 Å². The van der Waals surface area contributed by atoms with Crippen molar-refractivity contribution in [1.29, 1.82) is 0 Å². The Hall–Kier alpha value is -1.26. The number of nitrogens with zero attached hydrogens (tertiary/aromatic N) is 1. The predicted molar refractivity (Wildman–Crippen MR) is 80.7 cm³/mol. The van der Waals surface area contributed by atoms with Crippen LogP contribution >= 0.6 is 12.4 Å². The number of carboxylic acid groups (broad SMARTS) is 1. The molecular formula is C15H22ClNO3. The van der Waals surface area contributed by atoms with Crippen LogP contribution in [0, 0.1) is 5.92 Å². The largest absolute Gasteiger partial charge is 0.497 e. The molecule has 1 saturated heterocycles. The van der Waals surface area contributed by atoms with Gasteiger partial charge in [-0.05, 0) is 50.0 Å². The van der Waals surface area contributed by atoms with Crippen LogP contribution in [0.5, 0.6) is 5.75 Å². The van der Waals surface area contributed by atoms with Crippen LogP contribution in [0.4, 0.5) is 0 Å². The normalized spacial score (nSPS) is 16.4. The van der Waals surface area contributed by atoms with E-state index in [9.17, 15) is 4.79 Å². The maximum Gasteiger partial charge on any atom is 0.306 e. The highest BCUT2D eigenvalue weighted by Gasteiger charge is 2.23. The highest BCUT2D eigenvalue weighted by Crippen LogP contribution is 2.18. The van der Waals surface area contributed by atoms with E-state index in [2.05, 4.69) is 17.0 Å². The number of benzene rings is 1. The molecule has 1 aliphatic heterocycles. The second-order valence-electron chi connectivity index (χ2n) is 5.05. The summed E-state index contributed by atoms with van der Waals surface area (Å²) in [5.41, 5.74) is 1.29. The highest BCUT2D eigenvalue weighted by atomic mass is 35.5. The monoisotopic (exact) mass is 299 g/mol. The van der Waals surface area contributed by atoms with Crippen LogP contribution in [0.2, 0.25) is 0 Å². The van der Waals surface area contributed by atoms with E-state index in [0.29, 0.717) is 0 Å². The zero-order valence-electron chi connectivity index (χ0n) is 11.7. The fraction of sp³-hybridized carbons (Fsp3) is 0.533. The molecule has 0 atom stereocenters. The quantitative estimate of drug-likeness (QED) is 0.907. The topological polar surface area (TPSA) is 49.8 Å². The fourth-order valence-electron chi connectivity index (χ4n) is 2.48. The first kappa shape index (κ1) is 16.8. The summed E-state index contributed by atoms with van der Waals surface area (Å²) in [6, 6.07) is 8.13. The van der Waals surface area contributed by atoms with Crippen LogP contribution < -0.4 is 4.74 Å². The SMILES string of the molecule is COc1ccc(CCN2CCC(C(=O)O)CC2)cc1.Cl. The molecule has 2 rings (SSSR count). The summed E-state index contributed by atoms with van der Waals surface area (Å²) in [6.07, 6.45) is 2.55. The van der Waals surface area contributed by atoms with Gasteiger partial charge >= 0.3 is 5.97 Å². The van der Waals surface area contributed by atoms with E-state index in [1.165, 1.54) is 5.56 Å². The Morgan fingerprint density at radius 2 is 1.90 bits per heavy atom. The van der Waals surface area contributed by atoms with Crippen molar-refractivity contribution in [2.75, 3.05) is 26.7 Å². The number of methoxy groups -OCH3 is 1. The zero-order chi connectivity index (χ0) is 13.7. The standard InChI is InChI=1S/C15H21NO3.ClH/c1-19-14-4-2-12(3-5-14)6-9-16-10-7-13(8-11-16)15(17)18;/h2-5,13H,6-11H2,1H3,(H,17,18);1H. The molecule has 0 aromatic heterocycles. The van der Waals surface area contributed by atoms with Gasteiger partial charge in [-0.1, -0.05) is 12.1 Å². The van der Waals surface area contributed by atoms with Crippen molar-refractivity contribution in [3.63, 3.8) is 0 Å². The molecule has 1 aromatic rings. The Labute approximate surface area is 126 Å². The van der Waals surface area contributed by atoms with Gasteiger partial charge in [0, 0.05) is 6.54 Å². The number of rotatable bonds is 5. The van der Waals surface area contributed by atoms with E-state index in [4.69, 9.17) is 9.84 Å². The van der Waals surface area contributed by atoms with Crippen molar-refractivity contribution < 1.29 is 14.6 Å². The lowest BCUT2D eigenvalue weighted by Gasteiger charge is -2.29. The molecule has 1 N–H and O–H groups in total. The molecule has 1 aliphatic rings. The van der Waals surface area contributed by atoms with Gasteiger partial charge in [-0.15, -0.1) is 12.4 Å². The second kappa shape index (κ2) is 8.12. The first-order valence-electron chi connectivity index (χ1n) is 6.77. The van der Waals surface area contributed by atoms with Crippen LogP contribution in [-0.4, -0.2) is 42.7 Å². The minimum Gasteiger partial charge on any atom is -0.497 e. The molecule has 4 nitrogen and oxygen atoms in total. The first-order valence-corrected chi connectivity index (χ1v) is 6.77. The van der Waals surface area contributed by atoms with Gasteiger partial charge < -0.3 is 14.7 Å². The van der Waals surface area contributed by atoms with E-state index < -0.39 is 5.97 Å². The molecule has 20 heavy (non-hydrogen) atoms. The Morgan fingerprint density at radius 3 is 2.40 bits per heavy atom. The smallest absolute Gasteiger partial charge is 0.306 e. The molecule has 0 saturated carbocycles. The average molecular weight is 300 g/mol. The van der Waals surface area contributed by atoms with Crippen LogP contribution in [-0.2, 0) is 11.2 Å². The number of aliphatic carboxylic acids is 1. The third-order valence-electron chi connectivity index (χ3n) is 3.81. The summed E-state index contributed by atoms with van der Waals surface area (Å²) < 4.78 is 5.13. The molecule has 1 aromatic carbocycles. The Bertz CT molecular complexity index is 414. The second-order valence-corrected chi connectivity index (χ2v) is 5.05. The fourth-order valence-corrected chi connectivity index (χ4v) is 2.48. The first-order chi connectivity index (χ1) is 9.19. The van der Waals surface area contributed by atoms with Crippen molar-refractivity contribution >= 4 is 18.4 Å². The van der Waals surface area contributed by atoms with Gasteiger partial charge in [-0.3, -0.25) is 4.79 Å². The minimum absolute atomic E-state index is 0. The van der Waals surface area contributed by atoms with E-state index >= 15 is 0 Å². The molecule has 5 heteroatoms. The summed E-state index contributed by atoms with van der Waals surface area (Å²) in [7, 11) is 1.67. The zero-order valence-corrected chi connectivity index (χ0v) is 12.6. The van der Waals surface area contributed by atoms with Gasteiger partial charge in [0.2, 0.25) is 0 Å².